The molecule has 2 amide bonds. The number of pyridine rings is 1. The quantitative estimate of drug-likeness (QED) is 0.767. The highest BCUT2D eigenvalue weighted by Gasteiger charge is 2.40. The van der Waals surface area contributed by atoms with Gasteiger partial charge in [-0.25, -0.2) is 14.2 Å². The van der Waals surface area contributed by atoms with Gasteiger partial charge in [-0.15, -0.1) is 0 Å². The lowest BCUT2D eigenvalue weighted by Gasteiger charge is -2.30. The summed E-state index contributed by atoms with van der Waals surface area (Å²) in [6, 6.07) is 0.814. The first-order valence-electron chi connectivity index (χ1n) is 8.17. The van der Waals surface area contributed by atoms with E-state index in [-0.39, 0.29) is 18.5 Å². The van der Waals surface area contributed by atoms with Crippen LogP contribution in [0.5, 0.6) is 0 Å². The molecule has 0 aliphatic carbocycles. The molecule has 0 radical (unpaired) electrons. The number of nitrogens with zero attached hydrogens (tertiary/aromatic N) is 2. The molecule has 8 heteroatoms. The van der Waals surface area contributed by atoms with E-state index in [2.05, 4.69) is 26.2 Å². The van der Waals surface area contributed by atoms with Crippen molar-refractivity contribution in [3.8, 4) is 0 Å². The number of hydrogen-bond donors (Lipinski definition) is 1. The average Bonchev–Trinajstić information content (AvgIpc) is 2.88. The number of rotatable bonds is 3. The Hall–Kier alpha value is -1.70. The number of aromatic nitrogens is 1. The zero-order chi connectivity index (χ0) is 18.8. The highest BCUT2D eigenvalue weighted by Crippen LogP contribution is 2.26. The molecule has 2 unspecified atom stereocenters. The normalized spacial score (nSPS) is 20.5. The summed E-state index contributed by atoms with van der Waals surface area (Å²) in [6.07, 6.45) is 1.85. The van der Waals surface area contributed by atoms with Crippen molar-refractivity contribution in [1.82, 2.24) is 15.2 Å². The summed E-state index contributed by atoms with van der Waals surface area (Å²) in [7, 11) is 0. The van der Waals surface area contributed by atoms with Crippen LogP contribution in [0, 0.1) is 5.82 Å². The third kappa shape index (κ3) is 5.14. The second kappa shape index (κ2) is 7.68. The maximum absolute atomic E-state index is 13.7. The van der Waals surface area contributed by atoms with E-state index in [1.54, 1.807) is 20.8 Å². The van der Waals surface area contributed by atoms with Crippen LogP contribution in [0.3, 0.4) is 0 Å². The molecule has 1 saturated heterocycles. The van der Waals surface area contributed by atoms with Crippen LogP contribution in [0.15, 0.2) is 16.9 Å². The minimum Gasteiger partial charge on any atom is -0.444 e. The minimum atomic E-state index is -0.632. The Kier molecular flexibility index (Phi) is 6.03. The van der Waals surface area contributed by atoms with Gasteiger partial charge in [-0.3, -0.25) is 9.69 Å². The molecule has 6 nitrogen and oxygen atoms in total. The van der Waals surface area contributed by atoms with Crippen LogP contribution >= 0.6 is 15.9 Å². The van der Waals surface area contributed by atoms with Gasteiger partial charge in [-0.2, -0.15) is 0 Å². The Morgan fingerprint density at radius 3 is 2.76 bits per heavy atom. The largest absolute Gasteiger partial charge is 0.444 e. The molecule has 2 rings (SSSR count). The third-order valence-corrected chi connectivity index (χ3v) is 4.36. The summed E-state index contributed by atoms with van der Waals surface area (Å²) in [5.74, 6) is -0.810. The molecule has 138 valence electrons. The number of nitrogens with one attached hydrogen (secondary N) is 1. The van der Waals surface area contributed by atoms with Gasteiger partial charge >= 0.3 is 6.09 Å². The van der Waals surface area contributed by atoms with Gasteiger partial charge in [-0.1, -0.05) is 0 Å². The van der Waals surface area contributed by atoms with E-state index in [1.165, 1.54) is 11.0 Å². The fourth-order valence-corrected chi connectivity index (χ4v) is 3.13. The molecular formula is C17H23BrFN3O3. The molecular weight excluding hydrogens is 393 g/mol. The SMILES string of the molecule is CC1CCC(C(=O)NCc2cc(Br)ncc2F)N1C(=O)OC(C)(C)C. The van der Waals surface area contributed by atoms with Crippen LogP contribution in [-0.4, -0.2) is 39.6 Å². The van der Waals surface area contributed by atoms with E-state index in [4.69, 9.17) is 4.74 Å². The van der Waals surface area contributed by atoms with Crippen LogP contribution < -0.4 is 5.32 Å². The Morgan fingerprint density at radius 2 is 2.12 bits per heavy atom. The molecule has 1 fully saturated rings. The fraction of sp³-hybridized carbons (Fsp3) is 0.588. The molecule has 2 atom stereocenters. The molecule has 1 aliphatic rings. The molecule has 1 aliphatic heterocycles. The molecule has 0 spiro atoms. The van der Waals surface area contributed by atoms with Crippen LogP contribution in [0.4, 0.5) is 9.18 Å². The second-order valence-corrected chi connectivity index (χ2v) is 7.96. The number of carbonyl (C=O) groups is 2. The zero-order valence-electron chi connectivity index (χ0n) is 14.8. The fourth-order valence-electron chi connectivity index (χ4n) is 2.75. The van der Waals surface area contributed by atoms with Crippen molar-refractivity contribution in [2.45, 2.75) is 64.8 Å². The summed E-state index contributed by atoms with van der Waals surface area (Å²) in [5, 5.41) is 2.70. The number of carbonyl (C=O) groups excluding carboxylic acids is 2. The second-order valence-electron chi connectivity index (χ2n) is 7.15. The van der Waals surface area contributed by atoms with Gasteiger partial charge in [0.15, 0.2) is 0 Å². The lowest BCUT2D eigenvalue weighted by atomic mass is 10.2. The Bertz CT molecular complexity index is 663. The summed E-state index contributed by atoms with van der Waals surface area (Å²) in [5.41, 5.74) is -0.308. The predicted molar refractivity (Wildman–Crippen MR) is 94.3 cm³/mol. The van der Waals surface area contributed by atoms with Crippen molar-refractivity contribution in [2.75, 3.05) is 0 Å². The molecule has 0 aromatic carbocycles. The van der Waals surface area contributed by atoms with Crippen LogP contribution in [0.2, 0.25) is 0 Å². The van der Waals surface area contributed by atoms with E-state index >= 15 is 0 Å². The highest BCUT2D eigenvalue weighted by atomic mass is 79.9. The van der Waals surface area contributed by atoms with Crippen molar-refractivity contribution in [1.29, 1.82) is 0 Å². The van der Waals surface area contributed by atoms with Crippen molar-refractivity contribution < 1.29 is 18.7 Å². The molecule has 1 aromatic rings. The maximum Gasteiger partial charge on any atom is 0.411 e. The average molecular weight is 416 g/mol. The topological polar surface area (TPSA) is 71.5 Å². The molecule has 0 saturated carbocycles. The molecule has 0 bridgehead atoms. The van der Waals surface area contributed by atoms with E-state index in [9.17, 15) is 14.0 Å². The smallest absolute Gasteiger partial charge is 0.411 e. The van der Waals surface area contributed by atoms with Crippen molar-refractivity contribution in [3.05, 3.63) is 28.2 Å². The van der Waals surface area contributed by atoms with Gasteiger partial charge in [0.2, 0.25) is 5.91 Å². The van der Waals surface area contributed by atoms with E-state index in [1.807, 2.05) is 6.92 Å². The van der Waals surface area contributed by atoms with Crippen molar-refractivity contribution in [2.24, 2.45) is 0 Å². The highest BCUT2D eigenvalue weighted by molar-refractivity contribution is 9.10. The monoisotopic (exact) mass is 415 g/mol. The molecule has 2 heterocycles. The predicted octanol–water partition coefficient (Wildman–Crippen LogP) is 3.39. The summed E-state index contributed by atoms with van der Waals surface area (Å²) < 4.78 is 19.6. The minimum absolute atomic E-state index is 0.0266. The molecule has 1 N–H and O–H groups in total. The lowest BCUT2D eigenvalue weighted by Crippen LogP contribution is -2.49. The van der Waals surface area contributed by atoms with Gasteiger partial charge in [0.1, 0.15) is 22.1 Å². The number of likely N-dealkylation sites (tertiary alicyclic amines) is 1. The van der Waals surface area contributed by atoms with Crippen molar-refractivity contribution in [3.63, 3.8) is 0 Å². The lowest BCUT2D eigenvalue weighted by molar-refractivity contribution is -0.126. The first-order valence-corrected chi connectivity index (χ1v) is 8.96. The summed E-state index contributed by atoms with van der Waals surface area (Å²) in [6.45, 7) is 7.26. The number of ether oxygens (including phenoxy) is 1. The standard InChI is InChI=1S/C17H23BrFN3O3/c1-10-5-6-13(22(10)16(24)25-17(2,3)4)15(23)21-8-11-7-14(18)20-9-12(11)19/h7,9-10,13H,5-6,8H2,1-4H3,(H,21,23). The molecule has 25 heavy (non-hydrogen) atoms. The zero-order valence-corrected chi connectivity index (χ0v) is 16.4. The van der Waals surface area contributed by atoms with Gasteiger partial charge in [0.25, 0.3) is 0 Å². The Labute approximate surface area is 155 Å². The molecule has 1 aromatic heterocycles. The number of amides is 2. The summed E-state index contributed by atoms with van der Waals surface area (Å²) in [4.78, 5) is 30.2. The van der Waals surface area contributed by atoms with E-state index in [0.717, 1.165) is 6.20 Å². The van der Waals surface area contributed by atoms with Crippen LogP contribution in [0.1, 0.15) is 46.1 Å². The first kappa shape index (κ1) is 19.6. The first-order chi connectivity index (χ1) is 11.6. The number of hydrogen-bond acceptors (Lipinski definition) is 4. The van der Waals surface area contributed by atoms with Crippen molar-refractivity contribution >= 4 is 27.9 Å². The van der Waals surface area contributed by atoms with Gasteiger partial charge < -0.3 is 10.1 Å². The Balaban J connectivity index is 2.04. The van der Waals surface area contributed by atoms with Gasteiger partial charge in [0.05, 0.1) is 6.20 Å². The maximum atomic E-state index is 13.7. The van der Waals surface area contributed by atoms with E-state index in [0.29, 0.717) is 23.0 Å². The van der Waals surface area contributed by atoms with Crippen LogP contribution in [0.25, 0.3) is 0 Å². The number of halogens is 2. The van der Waals surface area contributed by atoms with Gasteiger partial charge in [-0.05, 0) is 62.5 Å². The third-order valence-electron chi connectivity index (χ3n) is 3.93. The summed E-state index contributed by atoms with van der Waals surface area (Å²) >= 11 is 3.17. The van der Waals surface area contributed by atoms with E-state index < -0.39 is 23.6 Å². The van der Waals surface area contributed by atoms with Gasteiger partial charge in [0, 0.05) is 18.2 Å². The van der Waals surface area contributed by atoms with Crippen LogP contribution in [-0.2, 0) is 16.1 Å². The Morgan fingerprint density at radius 1 is 1.44 bits per heavy atom.